The van der Waals surface area contributed by atoms with Crippen LogP contribution in [0.15, 0.2) is 29.2 Å². The van der Waals surface area contributed by atoms with Gasteiger partial charge in [-0.3, -0.25) is 9.67 Å². The summed E-state index contributed by atoms with van der Waals surface area (Å²) in [6.45, 7) is 1.76. The minimum atomic E-state index is -2.46. The molecule has 17 heavy (non-hydrogen) atoms. The molecule has 0 spiro atoms. The van der Waals surface area contributed by atoms with Crippen molar-refractivity contribution in [3.63, 3.8) is 0 Å². The van der Waals surface area contributed by atoms with Crippen LogP contribution in [-0.2, 0) is 0 Å². The zero-order valence-corrected chi connectivity index (χ0v) is 10.5. The van der Waals surface area contributed by atoms with Gasteiger partial charge in [0.1, 0.15) is 5.82 Å². The molecule has 1 heterocycles. The number of H-pyrrole nitrogens is 1. The molecule has 3 nitrogen and oxygen atoms in total. The fourth-order valence-electron chi connectivity index (χ4n) is 1.50. The molecule has 7 heteroatoms. The van der Waals surface area contributed by atoms with Crippen LogP contribution in [0.3, 0.4) is 0 Å². The van der Waals surface area contributed by atoms with Gasteiger partial charge in [-0.15, -0.1) is 0 Å². The van der Waals surface area contributed by atoms with Gasteiger partial charge in [-0.2, -0.15) is 13.9 Å². The highest BCUT2D eigenvalue weighted by atomic mass is 32.2. The molecule has 90 valence electrons. The van der Waals surface area contributed by atoms with Crippen LogP contribution >= 0.6 is 24.0 Å². The number of para-hydroxylation sites is 1. The minimum Gasteiger partial charge on any atom is -0.271 e. The number of aryl methyl sites for hydroxylation is 1. The molecule has 2 aromatic rings. The normalized spacial score (nSPS) is 11.1. The van der Waals surface area contributed by atoms with Crippen molar-refractivity contribution in [1.82, 2.24) is 14.8 Å². The summed E-state index contributed by atoms with van der Waals surface area (Å²) in [6.07, 6.45) is 0. The summed E-state index contributed by atoms with van der Waals surface area (Å²) in [4.78, 5) is 0.475. The molecule has 0 bridgehead atoms. The number of hydrogen-bond donors (Lipinski definition) is 1. The lowest BCUT2D eigenvalue weighted by molar-refractivity contribution is 0.252. The highest BCUT2D eigenvalue weighted by Crippen LogP contribution is 2.31. The van der Waals surface area contributed by atoms with E-state index in [9.17, 15) is 8.78 Å². The first-order chi connectivity index (χ1) is 8.09. The molecular weight excluding hydrogens is 264 g/mol. The van der Waals surface area contributed by atoms with Gasteiger partial charge in [0, 0.05) is 4.90 Å². The fourth-order valence-corrected chi connectivity index (χ4v) is 2.40. The van der Waals surface area contributed by atoms with Gasteiger partial charge in [0.25, 0.3) is 5.76 Å². The average molecular weight is 273 g/mol. The van der Waals surface area contributed by atoms with Crippen molar-refractivity contribution in [2.75, 3.05) is 0 Å². The molecule has 0 fully saturated rings. The van der Waals surface area contributed by atoms with Crippen molar-refractivity contribution in [1.29, 1.82) is 0 Å². The molecular formula is C10H9F2N3S2. The highest BCUT2D eigenvalue weighted by Gasteiger charge is 2.13. The molecule has 0 unspecified atom stereocenters. The zero-order valence-electron chi connectivity index (χ0n) is 8.85. The van der Waals surface area contributed by atoms with Crippen molar-refractivity contribution in [2.24, 2.45) is 0 Å². The Bertz CT molecular complexity index is 577. The van der Waals surface area contributed by atoms with Crippen LogP contribution in [0.25, 0.3) is 5.69 Å². The molecule has 0 aliphatic carbocycles. The molecule has 0 aliphatic heterocycles. The van der Waals surface area contributed by atoms with Gasteiger partial charge >= 0.3 is 0 Å². The maximum absolute atomic E-state index is 12.4. The van der Waals surface area contributed by atoms with Crippen molar-refractivity contribution >= 4 is 24.0 Å². The Balaban J connectivity index is 2.56. The number of alkyl halides is 2. The third-order valence-electron chi connectivity index (χ3n) is 2.16. The Morgan fingerprint density at radius 3 is 2.71 bits per heavy atom. The molecule has 1 N–H and O–H groups in total. The van der Waals surface area contributed by atoms with Gasteiger partial charge in [-0.1, -0.05) is 23.9 Å². The number of hydrogen-bond acceptors (Lipinski definition) is 3. The number of aromatic nitrogens is 3. The largest absolute Gasteiger partial charge is 0.288 e. The first kappa shape index (κ1) is 12.3. The van der Waals surface area contributed by atoms with E-state index >= 15 is 0 Å². The average Bonchev–Trinajstić information content (AvgIpc) is 2.59. The van der Waals surface area contributed by atoms with Crippen LogP contribution in [0.5, 0.6) is 0 Å². The number of benzene rings is 1. The summed E-state index contributed by atoms with van der Waals surface area (Å²) in [7, 11) is 0. The molecule has 0 radical (unpaired) electrons. The van der Waals surface area contributed by atoms with Crippen molar-refractivity contribution in [3.05, 3.63) is 34.9 Å². The second kappa shape index (κ2) is 4.97. The number of halogens is 2. The van der Waals surface area contributed by atoms with E-state index < -0.39 is 5.76 Å². The van der Waals surface area contributed by atoms with Crippen molar-refractivity contribution in [3.8, 4) is 5.69 Å². The third kappa shape index (κ3) is 2.55. The molecule has 0 saturated heterocycles. The van der Waals surface area contributed by atoms with Crippen LogP contribution in [0.2, 0.25) is 0 Å². The summed E-state index contributed by atoms with van der Waals surface area (Å²) >= 11 is 5.57. The molecule has 0 aliphatic rings. The lowest BCUT2D eigenvalue weighted by Crippen LogP contribution is -1.99. The monoisotopic (exact) mass is 273 g/mol. The fraction of sp³-hybridized carbons (Fsp3) is 0.200. The summed E-state index contributed by atoms with van der Waals surface area (Å²) in [5, 5.41) is 6.60. The summed E-state index contributed by atoms with van der Waals surface area (Å²) in [6, 6.07) is 6.87. The zero-order chi connectivity index (χ0) is 12.4. The number of nitrogens with one attached hydrogen (secondary N) is 1. The minimum absolute atomic E-state index is 0.393. The van der Waals surface area contributed by atoms with E-state index in [0.717, 1.165) is 0 Å². The van der Waals surface area contributed by atoms with Gasteiger partial charge in [-0.25, -0.2) is 0 Å². The molecule has 0 amide bonds. The van der Waals surface area contributed by atoms with E-state index in [4.69, 9.17) is 12.2 Å². The van der Waals surface area contributed by atoms with Crippen LogP contribution < -0.4 is 0 Å². The molecule has 1 aromatic carbocycles. The van der Waals surface area contributed by atoms with Gasteiger partial charge in [0.15, 0.2) is 4.77 Å². The Morgan fingerprint density at radius 1 is 1.41 bits per heavy atom. The Hall–Kier alpha value is -1.21. The lowest BCUT2D eigenvalue weighted by Gasteiger charge is -2.09. The predicted molar refractivity (Wildman–Crippen MR) is 65.3 cm³/mol. The van der Waals surface area contributed by atoms with E-state index in [-0.39, 0.29) is 0 Å². The maximum atomic E-state index is 12.4. The van der Waals surface area contributed by atoms with Gasteiger partial charge < -0.3 is 0 Å². The summed E-state index contributed by atoms with van der Waals surface area (Å²) < 4.78 is 26.9. The summed E-state index contributed by atoms with van der Waals surface area (Å²) in [5.41, 5.74) is 0.619. The lowest BCUT2D eigenvalue weighted by atomic mass is 10.3. The second-order valence-corrected chi connectivity index (χ2v) is 4.68. The molecule has 2 rings (SSSR count). The molecule has 0 atom stereocenters. The molecule has 1 aromatic heterocycles. The number of thioether (sulfide) groups is 1. The van der Waals surface area contributed by atoms with E-state index in [0.29, 0.717) is 32.9 Å². The third-order valence-corrected chi connectivity index (χ3v) is 3.21. The van der Waals surface area contributed by atoms with Crippen LogP contribution in [0.4, 0.5) is 8.78 Å². The van der Waals surface area contributed by atoms with Crippen molar-refractivity contribution in [2.45, 2.75) is 17.6 Å². The van der Waals surface area contributed by atoms with Crippen LogP contribution in [0, 0.1) is 11.7 Å². The van der Waals surface area contributed by atoms with Gasteiger partial charge in [0.05, 0.1) is 5.69 Å². The first-order valence-corrected chi connectivity index (χ1v) is 6.06. The standard InChI is InChI=1S/C10H9F2N3S2/c1-6-13-14-10(16)15(6)7-4-2-3-5-8(7)17-9(11)12/h2-5,9H,1H3,(H,14,16). The smallest absolute Gasteiger partial charge is 0.271 e. The van der Waals surface area contributed by atoms with Gasteiger partial charge in [0.2, 0.25) is 0 Å². The highest BCUT2D eigenvalue weighted by molar-refractivity contribution is 7.99. The Labute approximate surface area is 106 Å². The Kier molecular flexibility index (Phi) is 3.58. The molecule has 0 saturated carbocycles. The quantitative estimate of drug-likeness (QED) is 0.686. The van der Waals surface area contributed by atoms with Crippen molar-refractivity contribution < 1.29 is 8.78 Å². The van der Waals surface area contributed by atoms with E-state index in [1.165, 1.54) is 0 Å². The SMILES string of the molecule is Cc1n[nH]c(=S)n1-c1ccccc1SC(F)F. The summed E-state index contributed by atoms with van der Waals surface area (Å²) in [5.74, 6) is -1.82. The predicted octanol–water partition coefficient (Wildman–Crippen LogP) is 3.55. The van der Waals surface area contributed by atoms with E-state index in [2.05, 4.69) is 10.2 Å². The topological polar surface area (TPSA) is 33.6 Å². The van der Waals surface area contributed by atoms with E-state index in [1.807, 2.05) is 0 Å². The Morgan fingerprint density at radius 2 is 2.12 bits per heavy atom. The number of nitrogens with zero attached hydrogens (tertiary/aromatic N) is 2. The number of aromatic amines is 1. The second-order valence-electron chi connectivity index (χ2n) is 3.26. The first-order valence-electron chi connectivity index (χ1n) is 4.78. The van der Waals surface area contributed by atoms with E-state index in [1.54, 1.807) is 35.8 Å². The number of rotatable bonds is 3. The van der Waals surface area contributed by atoms with Crippen LogP contribution in [-0.4, -0.2) is 20.5 Å². The maximum Gasteiger partial charge on any atom is 0.288 e. The van der Waals surface area contributed by atoms with Crippen LogP contribution in [0.1, 0.15) is 5.82 Å². The van der Waals surface area contributed by atoms with Gasteiger partial charge in [-0.05, 0) is 31.3 Å².